The van der Waals surface area contributed by atoms with E-state index in [1.165, 1.54) is 23.9 Å². The molecule has 1 aliphatic heterocycles. The van der Waals surface area contributed by atoms with E-state index in [1.807, 2.05) is 12.1 Å². The summed E-state index contributed by atoms with van der Waals surface area (Å²) in [6.07, 6.45) is 7.65. The Bertz CT molecular complexity index is 832. The van der Waals surface area contributed by atoms with Crippen molar-refractivity contribution >= 4 is 17.4 Å². The smallest absolute Gasteiger partial charge is 0.223 e. The molecule has 4 rings (SSSR count). The predicted molar refractivity (Wildman–Crippen MR) is 111 cm³/mol. The standard InChI is InChI=1S/C21H33N7O/c1-4-21(2,3)16-5-7-17(8-6-16)22-20(29)15-11-13-27(14-12-15)19-10-9-18-23-25-26-28(18)24-19/h9-10,15-17H,4-8,11-14H2,1-3H3,(H,22,29). The van der Waals surface area contributed by atoms with Gasteiger partial charge in [-0.05, 0) is 72.4 Å². The van der Waals surface area contributed by atoms with Crippen molar-refractivity contribution in [1.29, 1.82) is 0 Å². The highest BCUT2D eigenvalue weighted by Gasteiger charge is 2.33. The number of carbonyl (C=O) groups excluding carboxylic acids is 1. The highest BCUT2D eigenvalue weighted by Crippen LogP contribution is 2.40. The zero-order valence-corrected chi connectivity index (χ0v) is 17.8. The second kappa shape index (κ2) is 8.24. The molecule has 0 unspecified atom stereocenters. The lowest BCUT2D eigenvalue weighted by molar-refractivity contribution is -0.126. The van der Waals surface area contributed by atoms with Crippen LogP contribution in [-0.2, 0) is 4.79 Å². The van der Waals surface area contributed by atoms with Crippen LogP contribution in [0.25, 0.3) is 5.65 Å². The quantitative estimate of drug-likeness (QED) is 0.832. The highest BCUT2D eigenvalue weighted by molar-refractivity contribution is 5.79. The molecular formula is C21H33N7O. The molecular weight excluding hydrogens is 366 g/mol. The molecule has 0 radical (unpaired) electrons. The molecule has 2 aliphatic rings. The first-order chi connectivity index (χ1) is 14.0. The molecule has 2 aromatic rings. The van der Waals surface area contributed by atoms with E-state index in [0.717, 1.165) is 50.5 Å². The van der Waals surface area contributed by atoms with Crippen molar-refractivity contribution in [2.75, 3.05) is 18.0 Å². The molecule has 29 heavy (non-hydrogen) atoms. The van der Waals surface area contributed by atoms with Crippen LogP contribution in [0.15, 0.2) is 12.1 Å². The number of anilines is 1. The lowest BCUT2D eigenvalue weighted by Crippen LogP contribution is -2.45. The normalized spacial score (nSPS) is 24.0. The van der Waals surface area contributed by atoms with Crippen LogP contribution in [-0.4, -0.2) is 50.3 Å². The second-order valence-corrected chi connectivity index (χ2v) is 9.38. The molecule has 8 nitrogen and oxygen atoms in total. The van der Waals surface area contributed by atoms with Crippen LogP contribution in [0.2, 0.25) is 0 Å². The Hall–Kier alpha value is -2.25. The minimum absolute atomic E-state index is 0.104. The highest BCUT2D eigenvalue weighted by atomic mass is 16.1. The number of hydrogen-bond donors (Lipinski definition) is 1. The van der Waals surface area contributed by atoms with Crippen LogP contribution in [0.3, 0.4) is 0 Å². The summed E-state index contributed by atoms with van der Waals surface area (Å²) < 4.78 is 1.45. The number of amides is 1. The van der Waals surface area contributed by atoms with Gasteiger partial charge in [0, 0.05) is 25.0 Å². The maximum Gasteiger partial charge on any atom is 0.223 e. The molecule has 1 saturated heterocycles. The number of hydrogen-bond acceptors (Lipinski definition) is 6. The van der Waals surface area contributed by atoms with E-state index < -0.39 is 0 Å². The van der Waals surface area contributed by atoms with Gasteiger partial charge in [0.25, 0.3) is 0 Å². The Morgan fingerprint density at radius 2 is 1.86 bits per heavy atom. The van der Waals surface area contributed by atoms with E-state index in [2.05, 4.69) is 51.6 Å². The monoisotopic (exact) mass is 399 g/mol. The predicted octanol–water partition coefficient (Wildman–Crippen LogP) is 2.85. The van der Waals surface area contributed by atoms with E-state index in [0.29, 0.717) is 17.1 Å². The summed E-state index contributed by atoms with van der Waals surface area (Å²) >= 11 is 0. The van der Waals surface area contributed by atoms with Gasteiger partial charge in [-0.2, -0.15) is 0 Å². The Morgan fingerprint density at radius 1 is 1.14 bits per heavy atom. The van der Waals surface area contributed by atoms with Gasteiger partial charge in [-0.1, -0.05) is 27.2 Å². The van der Waals surface area contributed by atoms with Gasteiger partial charge < -0.3 is 10.2 Å². The fourth-order valence-electron chi connectivity index (χ4n) is 4.81. The molecule has 0 atom stereocenters. The zero-order valence-electron chi connectivity index (χ0n) is 17.8. The number of carbonyl (C=O) groups is 1. The van der Waals surface area contributed by atoms with Crippen molar-refractivity contribution in [2.24, 2.45) is 17.3 Å². The third-order valence-electron chi connectivity index (χ3n) is 7.34. The lowest BCUT2D eigenvalue weighted by Gasteiger charge is -2.39. The first-order valence-electron chi connectivity index (χ1n) is 11.1. The van der Waals surface area contributed by atoms with E-state index in [-0.39, 0.29) is 11.8 Å². The number of fused-ring (bicyclic) bond motifs is 1. The maximum atomic E-state index is 12.8. The fraction of sp³-hybridized carbons (Fsp3) is 0.762. The molecule has 1 saturated carbocycles. The summed E-state index contributed by atoms with van der Waals surface area (Å²) in [5.41, 5.74) is 1.06. The van der Waals surface area contributed by atoms with Gasteiger partial charge in [-0.15, -0.1) is 14.8 Å². The Kier molecular flexibility index (Phi) is 5.69. The third kappa shape index (κ3) is 4.36. The molecule has 158 valence electrons. The van der Waals surface area contributed by atoms with Gasteiger partial charge in [0.05, 0.1) is 0 Å². The summed E-state index contributed by atoms with van der Waals surface area (Å²) in [4.78, 5) is 15.0. The van der Waals surface area contributed by atoms with E-state index in [9.17, 15) is 4.79 Å². The lowest BCUT2D eigenvalue weighted by atomic mass is 9.69. The number of piperidine rings is 1. The van der Waals surface area contributed by atoms with Crippen LogP contribution in [0, 0.1) is 17.3 Å². The summed E-state index contributed by atoms with van der Waals surface area (Å²) in [5, 5.41) is 19.2. The van der Waals surface area contributed by atoms with Gasteiger partial charge >= 0.3 is 0 Å². The van der Waals surface area contributed by atoms with Crippen molar-refractivity contribution in [2.45, 2.75) is 71.8 Å². The Labute approximate surface area is 172 Å². The summed E-state index contributed by atoms with van der Waals surface area (Å²) in [7, 11) is 0. The molecule has 2 aromatic heterocycles. The number of aromatic nitrogens is 5. The minimum atomic E-state index is 0.104. The minimum Gasteiger partial charge on any atom is -0.355 e. The van der Waals surface area contributed by atoms with Crippen molar-refractivity contribution in [1.82, 2.24) is 30.6 Å². The van der Waals surface area contributed by atoms with Crippen molar-refractivity contribution in [3.05, 3.63) is 12.1 Å². The molecule has 0 aromatic carbocycles. The van der Waals surface area contributed by atoms with Crippen molar-refractivity contribution in [3.8, 4) is 0 Å². The van der Waals surface area contributed by atoms with Gasteiger partial charge in [0.15, 0.2) is 11.5 Å². The van der Waals surface area contributed by atoms with Crippen molar-refractivity contribution < 1.29 is 4.79 Å². The second-order valence-electron chi connectivity index (χ2n) is 9.38. The van der Waals surface area contributed by atoms with Gasteiger partial charge in [-0.3, -0.25) is 4.79 Å². The maximum absolute atomic E-state index is 12.8. The topological polar surface area (TPSA) is 88.3 Å². The van der Waals surface area contributed by atoms with Crippen LogP contribution >= 0.6 is 0 Å². The number of rotatable bonds is 5. The molecule has 1 N–H and O–H groups in total. The van der Waals surface area contributed by atoms with Crippen LogP contribution in [0.1, 0.15) is 65.7 Å². The largest absolute Gasteiger partial charge is 0.355 e. The average molecular weight is 400 g/mol. The zero-order chi connectivity index (χ0) is 20.4. The molecule has 0 spiro atoms. The van der Waals surface area contributed by atoms with Gasteiger partial charge in [-0.25, -0.2) is 0 Å². The van der Waals surface area contributed by atoms with Crippen LogP contribution < -0.4 is 10.2 Å². The number of nitrogens with one attached hydrogen (secondary N) is 1. The molecule has 3 heterocycles. The fourth-order valence-corrected chi connectivity index (χ4v) is 4.81. The molecule has 1 aliphatic carbocycles. The Balaban J connectivity index is 1.25. The molecule has 0 bridgehead atoms. The first kappa shape index (κ1) is 20.0. The van der Waals surface area contributed by atoms with E-state index >= 15 is 0 Å². The number of tetrazole rings is 1. The van der Waals surface area contributed by atoms with Gasteiger partial charge in [0.2, 0.25) is 5.91 Å². The summed E-state index contributed by atoms with van der Waals surface area (Å²) in [6.45, 7) is 8.72. The van der Waals surface area contributed by atoms with Crippen LogP contribution in [0.5, 0.6) is 0 Å². The van der Waals surface area contributed by atoms with Gasteiger partial charge in [0.1, 0.15) is 0 Å². The molecule has 8 heteroatoms. The summed E-state index contributed by atoms with van der Waals surface area (Å²) in [5.74, 6) is 1.99. The molecule has 1 amide bonds. The van der Waals surface area contributed by atoms with E-state index in [4.69, 9.17) is 0 Å². The average Bonchev–Trinajstić information content (AvgIpc) is 3.22. The third-order valence-corrected chi connectivity index (χ3v) is 7.34. The van der Waals surface area contributed by atoms with Crippen molar-refractivity contribution in [3.63, 3.8) is 0 Å². The SMILES string of the molecule is CCC(C)(C)C1CCC(NC(=O)C2CCN(c3ccc4nnnn4n3)CC2)CC1. The van der Waals surface area contributed by atoms with Crippen LogP contribution in [0.4, 0.5) is 5.82 Å². The summed E-state index contributed by atoms with van der Waals surface area (Å²) in [6, 6.07) is 4.17. The number of nitrogens with zero attached hydrogens (tertiary/aromatic N) is 6. The molecule has 2 fully saturated rings. The van der Waals surface area contributed by atoms with E-state index in [1.54, 1.807) is 0 Å². The first-order valence-corrected chi connectivity index (χ1v) is 11.1. The Morgan fingerprint density at radius 3 is 2.55 bits per heavy atom.